The fourth-order valence-electron chi connectivity index (χ4n) is 2.24. The molecule has 1 aliphatic heterocycles. The molecular formula is C13H22N2OS. The summed E-state index contributed by atoms with van der Waals surface area (Å²) in [5, 5.41) is 15.2. The van der Waals surface area contributed by atoms with Gasteiger partial charge in [-0.2, -0.15) is 0 Å². The summed E-state index contributed by atoms with van der Waals surface area (Å²) in [4.78, 5) is 3.56. The molecule has 0 aliphatic carbocycles. The summed E-state index contributed by atoms with van der Waals surface area (Å²) in [5.41, 5.74) is 0. The molecule has 2 heterocycles. The SMILES string of the molecule is OC(CNCCN1CCCCC1)c1cccs1. The van der Waals surface area contributed by atoms with Gasteiger partial charge in [0.05, 0.1) is 0 Å². The Morgan fingerprint density at radius 3 is 2.88 bits per heavy atom. The zero-order valence-corrected chi connectivity index (χ0v) is 11.1. The Bertz CT molecular complexity index is 296. The van der Waals surface area contributed by atoms with E-state index in [1.807, 2.05) is 17.5 Å². The number of nitrogens with one attached hydrogen (secondary N) is 1. The number of rotatable bonds is 6. The molecule has 0 amide bonds. The van der Waals surface area contributed by atoms with E-state index in [0.717, 1.165) is 18.0 Å². The van der Waals surface area contributed by atoms with Crippen LogP contribution in [0.25, 0.3) is 0 Å². The standard InChI is InChI=1S/C13H22N2OS/c16-12(13-5-4-10-17-13)11-14-6-9-15-7-2-1-3-8-15/h4-5,10,12,14,16H,1-3,6-9,11H2. The van der Waals surface area contributed by atoms with Gasteiger partial charge in [0.25, 0.3) is 0 Å². The summed E-state index contributed by atoms with van der Waals surface area (Å²) in [6.07, 6.45) is 3.73. The molecule has 96 valence electrons. The van der Waals surface area contributed by atoms with E-state index in [0.29, 0.717) is 6.54 Å². The number of nitrogens with zero attached hydrogens (tertiary/aromatic N) is 1. The van der Waals surface area contributed by atoms with Crippen molar-refractivity contribution in [3.8, 4) is 0 Å². The molecule has 2 N–H and O–H groups in total. The fourth-order valence-corrected chi connectivity index (χ4v) is 2.95. The van der Waals surface area contributed by atoms with Crippen LogP contribution in [0.4, 0.5) is 0 Å². The minimum absolute atomic E-state index is 0.351. The van der Waals surface area contributed by atoms with E-state index in [-0.39, 0.29) is 6.10 Å². The quantitative estimate of drug-likeness (QED) is 0.761. The first kappa shape index (κ1) is 13.0. The Hall–Kier alpha value is -0.420. The number of piperidine rings is 1. The summed E-state index contributed by atoms with van der Waals surface area (Å²) in [7, 11) is 0. The zero-order valence-electron chi connectivity index (χ0n) is 10.3. The third-order valence-corrected chi connectivity index (χ3v) is 4.24. The molecule has 1 aromatic rings. The van der Waals surface area contributed by atoms with Crippen LogP contribution in [-0.4, -0.2) is 42.7 Å². The first-order chi connectivity index (χ1) is 8.36. The van der Waals surface area contributed by atoms with Crippen LogP contribution in [0.3, 0.4) is 0 Å². The third-order valence-electron chi connectivity index (χ3n) is 3.26. The lowest BCUT2D eigenvalue weighted by Crippen LogP contribution is -2.36. The average molecular weight is 254 g/mol. The molecule has 1 unspecified atom stereocenters. The van der Waals surface area contributed by atoms with Crippen LogP contribution in [0.1, 0.15) is 30.2 Å². The molecule has 0 aromatic carbocycles. The lowest BCUT2D eigenvalue weighted by atomic mass is 10.1. The highest BCUT2D eigenvalue weighted by atomic mass is 32.1. The normalized spacial score (nSPS) is 19.4. The van der Waals surface area contributed by atoms with E-state index < -0.39 is 0 Å². The summed E-state index contributed by atoms with van der Waals surface area (Å²) >= 11 is 1.62. The second kappa shape index (κ2) is 7.11. The number of aliphatic hydroxyl groups is 1. The molecule has 2 rings (SSSR count). The van der Waals surface area contributed by atoms with Crippen LogP contribution in [-0.2, 0) is 0 Å². The maximum atomic E-state index is 9.88. The topological polar surface area (TPSA) is 35.5 Å². The van der Waals surface area contributed by atoms with Gasteiger partial charge in [-0.1, -0.05) is 12.5 Å². The molecule has 1 fully saturated rings. The fraction of sp³-hybridized carbons (Fsp3) is 0.692. The van der Waals surface area contributed by atoms with Crippen molar-refractivity contribution in [2.75, 3.05) is 32.7 Å². The maximum Gasteiger partial charge on any atom is 0.101 e. The molecule has 1 aliphatic rings. The van der Waals surface area contributed by atoms with Gasteiger partial charge >= 0.3 is 0 Å². The van der Waals surface area contributed by atoms with Crippen LogP contribution < -0.4 is 5.32 Å². The Morgan fingerprint density at radius 1 is 1.35 bits per heavy atom. The van der Waals surface area contributed by atoms with Gasteiger partial charge in [0.15, 0.2) is 0 Å². The first-order valence-corrected chi connectivity index (χ1v) is 7.39. The van der Waals surface area contributed by atoms with Gasteiger partial charge in [0.2, 0.25) is 0 Å². The van der Waals surface area contributed by atoms with Crippen molar-refractivity contribution in [2.45, 2.75) is 25.4 Å². The number of likely N-dealkylation sites (tertiary alicyclic amines) is 1. The second-order valence-electron chi connectivity index (χ2n) is 4.64. The predicted octanol–water partition coefficient (Wildman–Crippen LogP) is 1.86. The number of hydrogen-bond acceptors (Lipinski definition) is 4. The molecule has 0 saturated carbocycles. The summed E-state index contributed by atoms with van der Waals surface area (Å²) in [5.74, 6) is 0. The Kier molecular flexibility index (Phi) is 5.45. The maximum absolute atomic E-state index is 9.88. The van der Waals surface area contributed by atoms with Gasteiger partial charge in [-0.3, -0.25) is 0 Å². The highest BCUT2D eigenvalue weighted by Crippen LogP contribution is 2.17. The molecule has 17 heavy (non-hydrogen) atoms. The van der Waals surface area contributed by atoms with Crippen LogP contribution >= 0.6 is 11.3 Å². The first-order valence-electron chi connectivity index (χ1n) is 6.51. The van der Waals surface area contributed by atoms with Crippen molar-refractivity contribution in [3.63, 3.8) is 0 Å². The van der Waals surface area contributed by atoms with Gasteiger partial charge < -0.3 is 15.3 Å². The molecule has 1 aromatic heterocycles. The van der Waals surface area contributed by atoms with Crippen LogP contribution in [0.2, 0.25) is 0 Å². The highest BCUT2D eigenvalue weighted by molar-refractivity contribution is 7.10. The zero-order chi connectivity index (χ0) is 11.9. The smallest absolute Gasteiger partial charge is 0.101 e. The van der Waals surface area contributed by atoms with E-state index in [1.54, 1.807) is 11.3 Å². The molecule has 0 radical (unpaired) electrons. The highest BCUT2D eigenvalue weighted by Gasteiger charge is 2.10. The van der Waals surface area contributed by atoms with E-state index in [4.69, 9.17) is 0 Å². The predicted molar refractivity (Wildman–Crippen MR) is 72.4 cm³/mol. The van der Waals surface area contributed by atoms with E-state index >= 15 is 0 Å². The Labute approximate surface area is 107 Å². The van der Waals surface area contributed by atoms with E-state index in [9.17, 15) is 5.11 Å². The van der Waals surface area contributed by atoms with Gasteiger partial charge in [0, 0.05) is 24.5 Å². The molecular weight excluding hydrogens is 232 g/mol. The summed E-state index contributed by atoms with van der Waals surface area (Å²) < 4.78 is 0. The van der Waals surface area contributed by atoms with E-state index in [2.05, 4.69) is 10.2 Å². The van der Waals surface area contributed by atoms with Crippen LogP contribution in [0.15, 0.2) is 17.5 Å². The number of hydrogen-bond donors (Lipinski definition) is 2. The van der Waals surface area contributed by atoms with Gasteiger partial charge in [0.1, 0.15) is 6.10 Å². The molecule has 1 saturated heterocycles. The van der Waals surface area contributed by atoms with Crippen molar-refractivity contribution in [1.29, 1.82) is 0 Å². The minimum atomic E-state index is -0.351. The molecule has 3 nitrogen and oxygen atoms in total. The van der Waals surface area contributed by atoms with Crippen LogP contribution in [0.5, 0.6) is 0 Å². The lowest BCUT2D eigenvalue weighted by Gasteiger charge is -2.26. The monoisotopic (exact) mass is 254 g/mol. The molecule has 0 bridgehead atoms. The van der Waals surface area contributed by atoms with Gasteiger partial charge in [-0.15, -0.1) is 11.3 Å². The molecule has 0 spiro atoms. The van der Waals surface area contributed by atoms with E-state index in [1.165, 1.54) is 32.4 Å². The number of aliphatic hydroxyl groups excluding tert-OH is 1. The number of thiophene rings is 1. The average Bonchev–Trinajstić information content (AvgIpc) is 2.89. The van der Waals surface area contributed by atoms with Crippen molar-refractivity contribution >= 4 is 11.3 Å². The van der Waals surface area contributed by atoms with Crippen molar-refractivity contribution in [2.24, 2.45) is 0 Å². The van der Waals surface area contributed by atoms with Crippen molar-refractivity contribution < 1.29 is 5.11 Å². The molecule has 4 heteroatoms. The van der Waals surface area contributed by atoms with Crippen molar-refractivity contribution in [1.82, 2.24) is 10.2 Å². The Balaban J connectivity index is 1.56. The van der Waals surface area contributed by atoms with Gasteiger partial charge in [-0.25, -0.2) is 0 Å². The Morgan fingerprint density at radius 2 is 2.18 bits per heavy atom. The summed E-state index contributed by atoms with van der Waals surface area (Å²) in [6, 6.07) is 3.97. The minimum Gasteiger partial charge on any atom is -0.386 e. The largest absolute Gasteiger partial charge is 0.386 e. The van der Waals surface area contributed by atoms with Gasteiger partial charge in [-0.05, 0) is 37.4 Å². The summed E-state index contributed by atoms with van der Waals surface area (Å²) in [6.45, 7) is 5.23. The van der Waals surface area contributed by atoms with Crippen molar-refractivity contribution in [3.05, 3.63) is 22.4 Å². The molecule has 1 atom stereocenters. The second-order valence-corrected chi connectivity index (χ2v) is 5.62. The van der Waals surface area contributed by atoms with Crippen LogP contribution in [0, 0.1) is 0 Å². The third kappa shape index (κ3) is 4.39. The lowest BCUT2D eigenvalue weighted by molar-refractivity contribution is 0.173.